The SMILES string of the molecule is NC(C1CC1)C1CCCCS1. The van der Waals surface area contributed by atoms with Crippen molar-refractivity contribution in [1.82, 2.24) is 0 Å². The lowest BCUT2D eigenvalue weighted by Gasteiger charge is -2.26. The summed E-state index contributed by atoms with van der Waals surface area (Å²) in [5.74, 6) is 2.25. The van der Waals surface area contributed by atoms with Gasteiger partial charge in [0.1, 0.15) is 0 Å². The van der Waals surface area contributed by atoms with Crippen LogP contribution in [-0.2, 0) is 0 Å². The third kappa shape index (κ3) is 1.91. The summed E-state index contributed by atoms with van der Waals surface area (Å²) < 4.78 is 0. The number of hydrogen-bond donors (Lipinski definition) is 1. The summed E-state index contributed by atoms with van der Waals surface area (Å²) in [6.07, 6.45) is 7.01. The maximum atomic E-state index is 6.13. The van der Waals surface area contributed by atoms with E-state index in [1.54, 1.807) is 0 Å². The summed E-state index contributed by atoms with van der Waals surface area (Å²) in [6.45, 7) is 0. The van der Waals surface area contributed by atoms with E-state index in [4.69, 9.17) is 5.73 Å². The van der Waals surface area contributed by atoms with Gasteiger partial charge in [0.15, 0.2) is 0 Å². The Labute approximate surface area is 73.1 Å². The monoisotopic (exact) mass is 171 g/mol. The van der Waals surface area contributed by atoms with E-state index in [1.807, 2.05) is 0 Å². The third-order valence-corrected chi connectivity index (χ3v) is 4.31. The molecule has 2 N–H and O–H groups in total. The van der Waals surface area contributed by atoms with E-state index in [1.165, 1.54) is 37.9 Å². The number of hydrogen-bond acceptors (Lipinski definition) is 2. The lowest BCUT2D eigenvalue weighted by atomic mass is 10.0. The first-order chi connectivity index (χ1) is 5.38. The summed E-state index contributed by atoms with van der Waals surface area (Å²) >= 11 is 2.11. The summed E-state index contributed by atoms with van der Waals surface area (Å²) in [5, 5.41) is 0.802. The van der Waals surface area contributed by atoms with E-state index in [2.05, 4.69) is 11.8 Å². The molecule has 0 radical (unpaired) electrons. The lowest BCUT2D eigenvalue weighted by molar-refractivity contribution is 0.518. The second-order valence-corrected chi connectivity index (χ2v) is 5.17. The second-order valence-electron chi connectivity index (χ2n) is 3.82. The molecule has 0 spiro atoms. The van der Waals surface area contributed by atoms with Crippen LogP contribution in [0.2, 0.25) is 0 Å². The molecule has 11 heavy (non-hydrogen) atoms. The average Bonchev–Trinajstić information content (AvgIpc) is 2.87. The van der Waals surface area contributed by atoms with E-state index in [9.17, 15) is 0 Å². The molecule has 1 saturated heterocycles. The van der Waals surface area contributed by atoms with Gasteiger partial charge in [0.2, 0.25) is 0 Å². The Morgan fingerprint density at radius 3 is 2.55 bits per heavy atom. The molecule has 1 heterocycles. The molecule has 1 aliphatic heterocycles. The highest BCUT2D eigenvalue weighted by Crippen LogP contribution is 2.38. The minimum atomic E-state index is 0.528. The van der Waals surface area contributed by atoms with Crippen LogP contribution in [0.15, 0.2) is 0 Å². The van der Waals surface area contributed by atoms with Crippen LogP contribution in [0.5, 0.6) is 0 Å². The molecule has 2 fully saturated rings. The molecule has 0 bridgehead atoms. The van der Waals surface area contributed by atoms with Gasteiger partial charge in [-0.1, -0.05) is 6.42 Å². The molecule has 2 rings (SSSR count). The van der Waals surface area contributed by atoms with Gasteiger partial charge in [-0.3, -0.25) is 0 Å². The van der Waals surface area contributed by atoms with Crippen LogP contribution in [0.1, 0.15) is 32.1 Å². The quantitative estimate of drug-likeness (QED) is 0.688. The normalized spacial score (nSPS) is 35.2. The molecule has 0 amide bonds. The average molecular weight is 171 g/mol. The molecule has 1 saturated carbocycles. The van der Waals surface area contributed by atoms with Crippen LogP contribution in [0, 0.1) is 5.92 Å². The van der Waals surface area contributed by atoms with Crippen molar-refractivity contribution in [1.29, 1.82) is 0 Å². The first kappa shape index (κ1) is 7.93. The minimum Gasteiger partial charge on any atom is -0.326 e. The van der Waals surface area contributed by atoms with Crippen molar-refractivity contribution in [3.8, 4) is 0 Å². The van der Waals surface area contributed by atoms with E-state index in [0.717, 1.165) is 11.2 Å². The topological polar surface area (TPSA) is 26.0 Å². The van der Waals surface area contributed by atoms with Crippen molar-refractivity contribution < 1.29 is 0 Å². The molecule has 1 aliphatic carbocycles. The Kier molecular flexibility index (Phi) is 2.42. The molecule has 2 atom stereocenters. The summed E-state index contributed by atoms with van der Waals surface area (Å²) in [4.78, 5) is 0. The van der Waals surface area contributed by atoms with E-state index >= 15 is 0 Å². The maximum Gasteiger partial charge on any atom is 0.0201 e. The predicted octanol–water partition coefficient (Wildman–Crippen LogP) is 2.01. The maximum absolute atomic E-state index is 6.13. The van der Waals surface area contributed by atoms with Crippen LogP contribution in [-0.4, -0.2) is 17.0 Å². The summed E-state index contributed by atoms with van der Waals surface area (Å²) in [5.41, 5.74) is 6.13. The van der Waals surface area contributed by atoms with E-state index < -0.39 is 0 Å². The Morgan fingerprint density at radius 2 is 2.00 bits per heavy atom. The molecule has 2 unspecified atom stereocenters. The molecular formula is C9H17NS. The number of nitrogens with two attached hydrogens (primary N) is 1. The number of thioether (sulfide) groups is 1. The largest absolute Gasteiger partial charge is 0.326 e. The first-order valence-corrected chi connectivity index (χ1v) is 5.80. The molecular weight excluding hydrogens is 154 g/mol. The van der Waals surface area contributed by atoms with Gasteiger partial charge in [0.25, 0.3) is 0 Å². The first-order valence-electron chi connectivity index (χ1n) is 4.75. The molecule has 0 aromatic heterocycles. The zero-order valence-electron chi connectivity index (χ0n) is 6.96. The molecule has 0 aromatic rings. The standard InChI is InChI=1S/C9H17NS/c10-9(7-4-5-7)8-3-1-2-6-11-8/h7-9H,1-6,10H2. The van der Waals surface area contributed by atoms with Gasteiger partial charge in [-0.2, -0.15) is 11.8 Å². The van der Waals surface area contributed by atoms with Crippen molar-refractivity contribution in [2.75, 3.05) is 5.75 Å². The Balaban J connectivity index is 1.81. The summed E-state index contributed by atoms with van der Waals surface area (Å²) in [6, 6.07) is 0.528. The fraction of sp³-hybridized carbons (Fsp3) is 1.00. The van der Waals surface area contributed by atoms with Crippen molar-refractivity contribution in [2.24, 2.45) is 11.7 Å². The Morgan fingerprint density at radius 1 is 1.18 bits per heavy atom. The predicted molar refractivity (Wildman–Crippen MR) is 50.8 cm³/mol. The second kappa shape index (κ2) is 3.36. The highest BCUT2D eigenvalue weighted by atomic mass is 32.2. The zero-order valence-corrected chi connectivity index (χ0v) is 7.78. The van der Waals surface area contributed by atoms with Crippen LogP contribution >= 0.6 is 11.8 Å². The summed E-state index contributed by atoms with van der Waals surface area (Å²) in [7, 11) is 0. The van der Waals surface area contributed by atoms with Crippen LogP contribution in [0.3, 0.4) is 0 Å². The number of rotatable bonds is 2. The van der Waals surface area contributed by atoms with Crippen LogP contribution < -0.4 is 5.73 Å². The molecule has 1 nitrogen and oxygen atoms in total. The van der Waals surface area contributed by atoms with Gasteiger partial charge in [-0.25, -0.2) is 0 Å². The van der Waals surface area contributed by atoms with Gasteiger partial charge in [0.05, 0.1) is 0 Å². The van der Waals surface area contributed by atoms with Crippen LogP contribution in [0.25, 0.3) is 0 Å². The van der Waals surface area contributed by atoms with Gasteiger partial charge in [-0.05, 0) is 37.4 Å². The molecule has 0 aromatic carbocycles. The van der Waals surface area contributed by atoms with Crippen molar-refractivity contribution in [2.45, 2.75) is 43.4 Å². The fourth-order valence-electron chi connectivity index (χ4n) is 1.85. The fourth-order valence-corrected chi connectivity index (χ4v) is 3.31. The van der Waals surface area contributed by atoms with Gasteiger partial charge in [0, 0.05) is 11.3 Å². The molecule has 2 aliphatic rings. The Bertz CT molecular complexity index is 128. The highest BCUT2D eigenvalue weighted by molar-refractivity contribution is 8.00. The minimum absolute atomic E-state index is 0.528. The molecule has 64 valence electrons. The third-order valence-electron chi connectivity index (χ3n) is 2.81. The van der Waals surface area contributed by atoms with Gasteiger partial charge < -0.3 is 5.73 Å². The van der Waals surface area contributed by atoms with Gasteiger partial charge in [-0.15, -0.1) is 0 Å². The zero-order chi connectivity index (χ0) is 7.68. The van der Waals surface area contributed by atoms with E-state index in [-0.39, 0.29) is 0 Å². The van der Waals surface area contributed by atoms with Gasteiger partial charge >= 0.3 is 0 Å². The van der Waals surface area contributed by atoms with E-state index in [0.29, 0.717) is 6.04 Å². The van der Waals surface area contributed by atoms with Crippen molar-refractivity contribution in [3.05, 3.63) is 0 Å². The lowest BCUT2D eigenvalue weighted by Crippen LogP contribution is -2.35. The Hall–Kier alpha value is 0.310. The van der Waals surface area contributed by atoms with Crippen molar-refractivity contribution in [3.63, 3.8) is 0 Å². The smallest absolute Gasteiger partial charge is 0.0201 e. The van der Waals surface area contributed by atoms with Crippen LogP contribution in [0.4, 0.5) is 0 Å². The highest BCUT2D eigenvalue weighted by Gasteiger charge is 2.34. The van der Waals surface area contributed by atoms with Crippen molar-refractivity contribution >= 4 is 11.8 Å². The molecule has 2 heteroatoms.